The fourth-order valence-electron chi connectivity index (χ4n) is 4.98. The molecule has 0 fully saturated rings. The van der Waals surface area contributed by atoms with Gasteiger partial charge in [-0.1, -0.05) is 40.2 Å². The van der Waals surface area contributed by atoms with E-state index in [4.69, 9.17) is 14.2 Å². The molecule has 7 heteroatoms. The second-order valence-electron chi connectivity index (χ2n) is 9.14. The smallest absolute Gasteiger partial charge is 0.336 e. The third kappa shape index (κ3) is 5.01. The van der Waals surface area contributed by atoms with E-state index in [-0.39, 0.29) is 17.8 Å². The molecule has 0 saturated heterocycles. The second-order valence-corrected chi connectivity index (χ2v) is 10.1. The Hall–Kier alpha value is -3.06. The normalized spacial score (nSPS) is 21.7. The van der Waals surface area contributed by atoms with Crippen molar-refractivity contribution in [2.45, 2.75) is 45.1 Å². The summed E-state index contributed by atoms with van der Waals surface area (Å²) in [6.45, 7) is 5.51. The van der Waals surface area contributed by atoms with Crippen molar-refractivity contribution in [3.63, 3.8) is 0 Å². The molecule has 1 aliphatic carbocycles. The number of halogens is 1. The van der Waals surface area contributed by atoms with Crippen molar-refractivity contribution in [3.05, 3.63) is 81.1 Å². The molecule has 3 atom stereocenters. The lowest BCUT2D eigenvalue weighted by Crippen LogP contribution is -2.42. The van der Waals surface area contributed by atoms with Crippen molar-refractivity contribution in [3.8, 4) is 11.5 Å². The largest absolute Gasteiger partial charge is 0.493 e. The number of ketones is 1. The fraction of sp³-hybridized carbons (Fsp3) is 0.357. The molecule has 2 aromatic rings. The van der Waals surface area contributed by atoms with Crippen molar-refractivity contribution >= 4 is 27.7 Å². The molecule has 0 spiro atoms. The molecule has 2 aromatic carbocycles. The first-order chi connectivity index (χ1) is 16.7. The van der Waals surface area contributed by atoms with Crippen LogP contribution in [0.25, 0.3) is 0 Å². The van der Waals surface area contributed by atoms with Gasteiger partial charge in [0.2, 0.25) is 0 Å². The lowest BCUT2D eigenvalue weighted by Gasteiger charge is -2.39. The van der Waals surface area contributed by atoms with Gasteiger partial charge in [0.05, 0.1) is 31.8 Å². The molecule has 35 heavy (non-hydrogen) atoms. The van der Waals surface area contributed by atoms with Gasteiger partial charge >= 0.3 is 5.97 Å². The Labute approximate surface area is 214 Å². The van der Waals surface area contributed by atoms with Gasteiger partial charge in [-0.3, -0.25) is 4.79 Å². The maximum Gasteiger partial charge on any atom is 0.336 e. The summed E-state index contributed by atoms with van der Waals surface area (Å²) in [4.78, 5) is 26.9. The Bertz CT molecular complexity index is 1220. The molecule has 2 aliphatic rings. The topological polar surface area (TPSA) is 73.9 Å². The van der Waals surface area contributed by atoms with Gasteiger partial charge in [0.1, 0.15) is 5.78 Å². The van der Waals surface area contributed by atoms with E-state index in [0.29, 0.717) is 29.2 Å². The van der Waals surface area contributed by atoms with Crippen molar-refractivity contribution in [2.24, 2.45) is 5.92 Å². The van der Waals surface area contributed by atoms with Crippen LogP contribution >= 0.6 is 15.9 Å². The zero-order chi connectivity index (χ0) is 25.3. The first kappa shape index (κ1) is 25.0. The Morgan fingerprint density at radius 2 is 1.77 bits per heavy atom. The number of nitrogens with one attached hydrogen (secondary N) is 1. The van der Waals surface area contributed by atoms with E-state index in [1.54, 1.807) is 14.2 Å². The zero-order valence-electron chi connectivity index (χ0n) is 20.6. The van der Waals surface area contributed by atoms with Crippen LogP contribution in [0.3, 0.4) is 0 Å². The standard InChI is InChI=1S/C28H30BrNO5/c1-15(2)35-28(32)25-16(3)30-21-12-19(17-9-10-23(33-4)24(14-17)34-5)13-22(31)27(21)26(25)18-7-6-8-20(29)11-18/h6-12,14-15,19,26-27,30H,13H2,1-5H3. The molecule has 0 bridgehead atoms. The van der Waals surface area contributed by atoms with Crippen molar-refractivity contribution in [1.29, 1.82) is 0 Å². The first-order valence-corrected chi connectivity index (χ1v) is 12.4. The van der Waals surface area contributed by atoms with Crippen molar-refractivity contribution in [1.82, 2.24) is 5.32 Å². The summed E-state index contributed by atoms with van der Waals surface area (Å²) >= 11 is 3.54. The number of hydrogen-bond acceptors (Lipinski definition) is 6. The van der Waals surface area contributed by atoms with Crippen molar-refractivity contribution < 1.29 is 23.8 Å². The van der Waals surface area contributed by atoms with Crippen molar-refractivity contribution in [2.75, 3.05) is 14.2 Å². The molecule has 4 rings (SSSR count). The van der Waals surface area contributed by atoms with E-state index in [1.807, 2.05) is 63.2 Å². The average Bonchev–Trinajstić information content (AvgIpc) is 2.82. The molecule has 184 valence electrons. The summed E-state index contributed by atoms with van der Waals surface area (Å²) in [6, 6.07) is 13.5. The van der Waals surface area contributed by atoms with Gasteiger partial charge in [-0.25, -0.2) is 4.79 Å². The lowest BCUT2D eigenvalue weighted by molar-refractivity contribution is -0.143. The number of ether oxygens (including phenoxy) is 3. The molecule has 1 heterocycles. The third-order valence-electron chi connectivity index (χ3n) is 6.47. The molecular weight excluding hydrogens is 510 g/mol. The molecule has 0 saturated carbocycles. The van der Waals surface area contributed by atoms with Gasteiger partial charge in [-0.15, -0.1) is 0 Å². The quantitative estimate of drug-likeness (QED) is 0.479. The van der Waals surface area contributed by atoms with Crippen LogP contribution in [0.1, 0.15) is 50.2 Å². The summed E-state index contributed by atoms with van der Waals surface area (Å²) in [6.07, 6.45) is 2.16. The van der Waals surface area contributed by atoms with Crippen LogP contribution in [0.5, 0.6) is 11.5 Å². The Balaban J connectivity index is 1.81. The first-order valence-electron chi connectivity index (χ1n) is 11.6. The molecule has 6 nitrogen and oxygen atoms in total. The lowest BCUT2D eigenvalue weighted by atomic mass is 9.68. The Morgan fingerprint density at radius 3 is 2.43 bits per heavy atom. The SMILES string of the molecule is COc1ccc(C2C=C3NC(C)=C(C(=O)OC(C)C)C(c4cccc(Br)c4)C3C(=O)C2)cc1OC. The molecule has 0 radical (unpaired) electrons. The van der Waals surface area contributed by atoms with Gasteiger partial charge in [0.25, 0.3) is 0 Å². The van der Waals surface area contributed by atoms with Crippen LogP contribution in [-0.2, 0) is 14.3 Å². The van der Waals surface area contributed by atoms with E-state index in [0.717, 1.165) is 21.3 Å². The Morgan fingerprint density at radius 1 is 1.03 bits per heavy atom. The summed E-state index contributed by atoms with van der Waals surface area (Å²) < 4.78 is 17.3. The predicted molar refractivity (Wildman–Crippen MR) is 137 cm³/mol. The maximum absolute atomic E-state index is 13.7. The number of methoxy groups -OCH3 is 2. The highest BCUT2D eigenvalue weighted by atomic mass is 79.9. The van der Waals surface area contributed by atoms with Crippen LogP contribution in [0, 0.1) is 5.92 Å². The van der Waals surface area contributed by atoms with Crippen LogP contribution < -0.4 is 14.8 Å². The number of hydrogen-bond donors (Lipinski definition) is 1. The van der Waals surface area contributed by atoms with Crippen LogP contribution in [0.4, 0.5) is 0 Å². The minimum absolute atomic E-state index is 0.0714. The maximum atomic E-state index is 13.7. The average molecular weight is 540 g/mol. The monoisotopic (exact) mass is 539 g/mol. The summed E-state index contributed by atoms with van der Waals surface area (Å²) in [5.74, 6) is -0.130. The van der Waals surface area contributed by atoms with E-state index in [9.17, 15) is 9.59 Å². The molecule has 0 aromatic heterocycles. The van der Waals surface area contributed by atoms with E-state index in [2.05, 4.69) is 27.3 Å². The minimum atomic E-state index is -0.501. The second kappa shape index (κ2) is 10.3. The minimum Gasteiger partial charge on any atom is -0.493 e. The summed E-state index contributed by atoms with van der Waals surface area (Å²) in [5, 5.41) is 3.37. The number of esters is 1. The molecule has 1 aliphatic heterocycles. The highest BCUT2D eigenvalue weighted by Gasteiger charge is 2.45. The number of benzene rings is 2. The number of allylic oxidation sites excluding steroid dienone is 3. The van der Waals surface area contributed by atoms with Gasteiger partial charge < -0.3 is 19.5 Å². The van der Waals surface area contributed by atoms with Gasteiger partial charge in [0.15, 0.2) is 11.5 Å². The molecule has 1 N–H and O–H groups in total. The molecular formula is C28H30BrNO5. The molecule has 0 amide bonds. The number of fused-ring (bicyclic) bond motifs is 1. The number of Topliss-reactive ketones (excluding diaryl/α,β-unsaturated/α-hetero) is 1. The summed E-state index contributed by atoms with van der Waals surface area (Å²) in [7, 11) is 3.19. The van der Waals surface area contributed by atoms with Gasteiger partial charge in [-0.05, 0) is 56.2 Å². The third-order valence-corrected chi connectivity index (χ3v) is 6.96. The number of carbonyl (C=O) groups excluding carboxylic acids is 2. The van der Waals surface area contributed by atoms with E-state index >= 15 is 0 Å². The Kier molecular flexibility index (Phi) is 7.36. The summed E-state index contributed by atoms with van der Waals surface area (Å²) in [5.41, 5.74) is 3.87. The number of carbonyl (C=O) groups is 2. The fourth-order valence-corrected chi connectivity index (χ4v) is 5.40. The van der Waals surface area contributed by atoms with Crippen LogP contribution in [0.2, 0.25) is 0 Å². The predicted octanol–water partition coefficient (Wildman–Crippen LogP) is 5.64. The van der Waals surface area contributed by atoms with Gasteiger partial charge in [-0.2, -0.15) is 0 Å². The molecule has 3 unspecified atom stereocenters. The van der Waals surface area contributed by atoms with Gasteiger partial charge in [0, 0.05) is 34.1 Å². The highest BCUT2D eigenvalue weighted by Crippen LogP contribution is 2.47. The van der Waals surface area contributed by atoms with Crippen LogP contribution in [0.15, 0.2) is 70.0 Å². The zero-order valence-corrected chi connectivity index (χ0v) is 22.1. The van der Waals surface area contributed by atoms with E-state index in [1.165, 1.54) is 0 Å². The van der Waals surface area contributed by atoms with E-state index < -0.39 is 17.8 Å². The highest BCUT2D eigenvalue weighted by molar-refractivity contribution is 9.10. The number of rotatable bonds is 6. The van der Waals surface area contributed by atoms with Crippen LogP contribution in [-0.4, -0.2) is 32.1 Å².